The van der Waals surface area contributed by atoms with E-state index in [1.54, 1.807) is 11.8 Å². The second-order valence-corrected chi connectivity index (χ2v) is 8.20. The van der Waals surface area contributed by atoms with Gasteiger partial charge in [-0.3, -0.25) is 4.79 Å². The van der Waals surface area contributed by atoms with Gasteiger partial charge in [-0.15, -0.1) is 0 Å². The summed E-state index contributed by atoms with van der Waals surface area (Å²) in [6.07, 6.45) is 5.99. The van der Waals surface area contributed by atoms with Gasteiger partial charge < -0.3 is 9.88 Å². The maximum absolute atomic E-state index is 12.4. The van der Waals surface area contributed by atoms with E-state index in [4.69, 9.17) is 0 Å². The van der Waals surface area contributed by atoms with Crippen molar-refractivity contribution >= 4 is 23.5 Å². The van der Waals surface area contributed by atoms with E-state index in [1.807, 2.05) is 6.92 Å². The number of nitriles is 1. The smallest absolute Gasteiger partial charge is 0.235 e. The molecule has 0 unspecified atom stereocenters. The Morgan fingerprint density at radius 2 is 2.00 bits per heavy atom. The van der Waals surface area contributed by atoms with Gasteiger partial charge in [0.05, 0.1) is 11.3 Å². The summed E-state index contributed by atoms with van der Waals surface area (Å²) in [6, 6.07) is 2.70. The molecule has 0 atom stereocenters. The Hall–Kier alpha value is -1.41. The van der Waals surface area contributed by atoms with Gasteiger partial charge in [-0.25, -0.2) is 0 Å². The van der Waals surface area contributed by atoms with E-state index in [2.05, 4.69) is 36.7 Å². The highest BCUT2D eigenvalue weighted by Crippen LogP contribution is 2.36. The fourth-order valence-corrected chi connectivity index (χ4v) is 4.28. The van der Waals surface area contributed by atoms with Crippen molar-refractivity contribution < 1.29 is 4.79 Å². The number of amides is 1. The van der Waals surface area contributed by atoms with Crippen LogP contribution in [0.25, 0.3) is 0 Å². The molecule has 4 nitrogen and oxygen atoms in total. The fourth-order valence-electron chi connectivity index (χ4n) is 3.44. The molecule has 1 N–H and O–H groups in total. The summed E-state index contributed by atoms with van der Waals surface area (Å²) < 4.78 is 2.22. The SMILES string of the molecule is Cc1c(C#N)c(NC(=O)CSCC(C)C)n(C2CCCCC2)c1C. The van der Waals surface area contributed by atoms with Crippen LogP contribution in [-0.4, -0.2) is 22.0 Å². The lowest BCUT2D eigenvalue weighted by Gasteiger charge is -2.27. The van der Waals surface area contributed by atoms with Crippen molar-refractivity contribution in [1.29, 1.82) is 5.26 Å². The number of thioether (sulfide) groups is 1. The van der Waals surface area contributed by atoms with Crippen molar-refractivity contribution in [2.45, 2.75) is 65.8 Å². The number of rotatable bonds is 6. The summed E-state index contributed by atoms with van der Waals surface area (Å²) in [7, 11) is 0. The number of nitrogens with zero attached hydrogens (tertiary/aromatic N) is 2. The number of anilines is 1. The Kier molecular flexibility index (Phi) is 6.79. The molecule has 5 heteroatoms. The number of carbonyl (C=O) groups excluding carboxylic acids is 1. The van der Waals surface area contributed by atoms with Crippen molar-refractivity contribution in [2.24, 2.45) is 5.92 Å². The van der Waals surface area contributed by atoms with Gasteiger partial charge in [0.2, 0.25) is 5.91 Å². The van der Waals surface area contributed by atoms with Crippen LogP contribution in [0.4, 0.5) is 5.82 Å². The predicted molar refractivity (Wildman–Crippen MR) is 102 cm³/mol. The molecule has 0 radical (unpaired) electrons. The molecule has 1 aromatic heterocycles. The van der Waals surface area contributed by atoms with Crippen LogP contribution in [0.3, 0.4) is 0 Å². The van der Waals surface area contributed by atoms with E-state index in [0.717, 1.165) is 35.7 Å². The number of aromatic nitrogens is 1. The summed E-state index contributed by atoms with van der Waals surface area (Å²) >= 11 is 1.65. The average molecular weight is 348 g/mol. The van der Waals surface area contributed by atoms with Crippen LogP contribution >= 0.6 is 11.8 Å². The Morgan fingerprint density at radius 3 is 2.58 bits per heavy atom. The van der Waals surface area contributed by atoms with Crippen molar-refractivity contribution in [3.8, 4) is 6.07 Å². The third kappa shape index (κ3) is 4.36. The summed E-state index contributed by atoms with van der Waals surface area (Å²) in [5.41, 5.74) is 2.73. The minimum atomic E-state index is -0.00768. The molecule has 1 aliphatic rings. The van der Waals surface area contributed by atoms with Crippen molar-refractivity contribution in [1.82, 2.24) is 4.57 Å². The Labute approximate surface area is 150 Å². The number of carbonyl (C=O) groups is 1. The first-order valence-corrected chi connectivity index (χ1v) is 10.1. The Balaban J connectivity index is 2.22. The second-order valence-electron chi connectivity index (χ2n) is 7.16. The van der Waals surface area contributed by atoms with Gasteiger partial charge in [-0.1, -0.05) is 33.1 Å². The van der Waals surface area contributed by atoms with E-state index in [0.29, 0.717) is 23.3 Å². The summed E-state index contributed by atoms with van der Waals surface area (Å²) in [4.78, 5) is 12.4. The quantitative estimate of drug-likeness (QED) is 0.803. The minimum absolute atomic E-state index is 0.00768. The highest BCUT2D eigenvalue weighted by atomic mass is 32.2. The Morgan fingerprint density at radius 1 is 1.33 bits per heavy atom. The van der Waals surface area contributed by atoms with Crippen molar-refractivity contribution in [3.63, 3.8) is 0 Å². The third-order valence-corrected chi connectivity index (χ3v) is 6.12. The molecule has 1 saturated carbocycles. The summed E-state index contributed by atoms with van der Waals surface area (Å²) in [6.45, 7) is 8.35. The Bertz CT molecular complexity index is 622. The highest BCUT2D eigenvalue weighted by molar-refractivity contribution is 7.99. The van der Waals surface area contributed by atoms with Gasteiger partial charge in [-0.05, 0) is 43.9 Å². The van der Waals surface area contributed by atoms with Crippen LogP contribution in [0.1, 0.15) is 68.8 Å². The lowest BCUT2D eigenvalue weighted by Crippen LogP contribution is -2.22. The zero-order valence-corrected chi connectivity index (χ0v) is 16.1. The molecule has 0 aliphatic heterocycles. The molecule has 132 valence electrons. The lowest BCUT2D eigenvalue weighted by molar-refractivity contribution is -0.113. The van der Waals surface area contributed by atoms with E-state index >= 15 is 0 Å². The normalized spacial score (nSPS) is 15.5. The molecular formula is C19H29N3OS. The maximum Gasteiger partial charge on any atom is 0.235 e. The van der Waals surface area contributed by atoms with Gasteiger partial charge >= 0.3 is 0 Å². The molecule has 0 aromatic carbocycles. The first-order valence-electron chi connectivity index (χ1n) is 8.94. The van der Waals surface area contributed by atoms with Crippen LogP contribution in [0, 0.1) is 31.1 Å². The van der Waals surface area contributed by atoms with Gasteiger partial charge in [-0.2, -0.15) is 17.0 Å². The van der Waals surface area contributed by atoms with E-state index in [-0.39, 0.29) is 5.91 Å². The molecule has 1 aliphatic carbocycles. The van der Waals surface area contributed by atoms with Crippen LogP contribution in [0.5, 0.6) is 0 Å². The molecule has 1 amide bonds. The van der Waals surface area contributed by atoms with E-state index in [1.165, 1.54) is 19.3 Å². The van der Waals surface area contributed by atoms with Crippen molar-refractivity contribution in [3.05, 3.63) is 16.8 Å². The van der Waals surface area contributed by atoms with Gasteiger partial charge in [0.25, 0.3) is 0 Å². The molecule has 2 rings (SSSR count). The van der Waals surface area contributed by atoms with Gasteiger partial charge in [0.1, 0.15) is 11.9 Å². The molecular weight excluding hydrogens is 318 g/mol. The number of nitrogens with one attached hydrogen (secondary N) is 1. The summed E-state index contributed by atoms with van der Waals surface area (Å²) in [5.74, 6) is 2.70. The van der Waals surface area contributed by atoms with Crippen LogP contribution in [0.15, 0.2) is 0 Å². The van der Waals surface area contributed by atoms with E-state index in [9.17, 15) is 10.1 Å². The van der Waals surface area contributed by atoms with Gasteiger partial charge in [0, 0.05) is 11.7 Å². The fraction of sp³-hybridized carbons (Fsp3) is 0.684. The van der Waals surface area contributed by atoms with Crippen molar-refractivity contribution in [2.75, 3.05) is 16.8 Å². The standard InChI is InChI=1S/C19H29N3OS/c1-13(2)11-24-12-18(23)21-19-17(10-20)14(3)15(4)22(19)16-8-6-5-7-9-16/h13,16H,5-9,11-12H2,1-4H3,(H,21,23). The molecule has 0 saturated heterocycles. The lowest BCUT2D eigenvalue weighted by atomic mass is 9.95. The van der Waals surface area contributed by atoms with Crippen LogP contribution in [0.2, 0.25) is 0 Å². The molecule has 1 fully saturated rings. The number of hydrogen-bond donors (Lipinski definition) is 1. The number of hydrogen-bond acceptors (Lipinski definition) is 3. The predicted octanol–water partition coefficient (Wildman–Crippen LogP) is 4.81. The average Bonchev–Trinajstić information content (AvgIpc) is 2.78. The first kappa shape index (κ1) is 18.9. The summed E-state index contributed by atoms with van der Waals surface area (Å²) in [5, 5.41) is 12.6. The molecule has 24 heavy (non-hydrogen) atoms. The second kappa shape index (κ2) is 8.62. The maximum atomic E-state index is 12.4. The zero-order valence-electron chi connectivity index (χ0n) is 15.3. The van der Waals surface area contributed by atoms with Crippen LogP contribution in [-0.2, 0) is 4.79 Å². The van der Waals surface area contributed by atoms with Gasteiger partial charge in [0.15, 0.2) is 0 Å². The zero-order chi connectivity index (χ0) is 17.7. The molecule has 0 spiro atoms. The highest BCUT2D eigenvalue weighted by Gasteiger charge is 2.25. The topological polar surface area (TPSA) is 57.8 Å². The monoisotopic (exact) mass is 347 g/mol. The first-order chi connectivity index (χ1) is 11.5. The minimum Gasteiger partial charge on any atom is -0.327 e. The van der Waals surface area contributed by atoms with Crippen LogP contribution < -0.4 is 5.32 Å². The third-order valence-electron chi connectivity index (χ3n) is 4.75. The molecule has 0 bridgehead atoms. The largest absolute Gasteiger partial charge is 0.327 e. The molecule has 1 heterocycles. The van der Waals surface area contributed by atoms with E-state index < -0.39 is 0 Å². The molecule has 1 aromatic rings.